The first-order valence-electron chi connectivity index (χ1n) is 16.7. The highest BCUT2D eigenvalue weighted by molar-refractivity contribution is 9.09. The fraction of sp³-hybridized carbons (Fsp3) is 0.324. The van der Waals surface area contributed by atoms with E-state index in [1.165, 1.54) is 12.7 Å². The summed E-state index contributed by atoms with van der Waals surface area (Å²) in [6.07, 6.45) is 0.0407. The molecule has 1 aliphatic rings. The second-order valence-electron chi connectivity index (χ2n) is 13.6. The van der Waals surface area contributed by atoms with Crippen molar-refractivity contribution in [2.24, 2.45) is 4.99 Å². The summed E-state index contributed by atoms with van der Waals surface area (Å²) in [6, 6.07) is 30.3. The van der Waals surface area contributed by atoms with Gasteiger partial charge in [-0.3, -0.25) is 14.3 Å². The predicted molar refractivity (Wildman–Crippen MR) is 204 cm³/mol. The number of carbonyl (C=O) groups excluding carboxylic acids is 1. The topological polar surface area (TPSA) is 136 Å². The van der Waals surface area contributed by atoms with Gasteiger partial charge in [-0.05, 0) is 21.0 Å². The molecule has 2 N–H and O–H groups in total. The highest BCUT2D eigenvalue weighted by Gasteiger charge is 2.53. The van der Waals surface area contributed by atoms with E-state index in [1.807, 2.05) is 80.8 Å². The minimum Gasteiger partial charge on any atom is -0.440 e. The maximum Gasteiger partial charge on any atom is 0.407 e. The van der Waals surface area contributed by atoms with Crippen LogP contribution in [0.15, 0.2) is 107 Å². The average Bonchev–Trinajstić information content (AvgIpc) is 3.68. The van der Waals surface area contributed by atoms with E-state index in [4.69, 9.17) is 13.9 Å². The first-order valence-corrected chi connectivity index (χ1v) is 19.5. The van der Waals surface area contributed by atoms with Gasteiger partial charge in [0.15, 0.2) is 23.5 Å². The summed E-state index contributed by atoms with van der Waals surface area (Å²) in [7, 11) is 0.691. The Labute approximate surface area is 306 Å². The number of alkyl carbamates (subject to hydrolysis) is 1. The number of alkyl halides is 1. The minimum absolute atomic E-state index is 0.0981. The number of nitrogens with one attached hydrogen (secondary N) is 2. The standard InChI is InChI=1S/C37H42BrN7O5Si/c1-37(2,3)51(26-17-11-7-12-18-26,27-19-13-8-14-20-27)48-22-28-29(38)31(50-36(47)39-21-25-15-9-6-10-16-25)34(49-28)45-24-40-30-32(45)42-35(43-33(30)46)41-23-44(4)5/h6-20,23-24,28-29,31,34H,21-22H2,1-5H3,(H,39,47)(H,42,43,46). The van der Waals surface area contributed by atoms with Gasteiger partial charge >= 0.3 is 6.09 Å². The number of aromatic amines is 1. The number of H-pyrrole nitrogens is 1. The number of hydrogen-bond donors (Lipinski definition) is 2. The molecular formula is C37H42BrN7O5Si. The van der Waals surface area contributed by atoms with Crippen LogP contribution in [-0.2, 0) is 20.4 Å². The van der Waals surface area contributed by atoms with Crippen LogP contribution in [0.4, 0.5) is 10.7 Å². The maximum atomic E-state index is 13.3. The molecule has 0 saturated carbocycles. The van der Waals surface area contributed by atoms with E-state index in [9.17, 15) is 9.59 Å². The molecule has 0 spiro atoms. The SMILES string of the molecule is CN(C)C=Nc1nc2c(ncn2C2OC(CO[Si](c3ccccc3)(c3ccccc3)C(C)(C)C)C(Br)C2OC(=O)NCc2ccccc2)c(=O)[nH]1. The zero-order chi connectivity index (χ0) is 36.2. The lowest BCUT2D eigenvalue weighted by Gasteiger charge is -2.43. The van der Waals surface area contributed by atoms with Crippen molar-refractivity contribution in [1.82, 2.24) is 29.7 Å². The van der Waals surface area contributed by atoms with E-state index in [2.05, 4.69) is 86.2 Å². The molecule has 1 saturated heterocycles. The Morgan fingerprint density at radius 2 is 1.65 bits per heavy atom. The molecule has 0 bridgehead atoms. The summed E-state index contributed by atoms with van der Waals surface area (Å²) in [6.45, 7) is 7.10. The number of ether oxygens (including phenoxy) is 2. The molecule has 14 heteroatoms. The maximum absolute atomic E-state index is 13.3. The molecule has 4 unspecified atom stereocenters. The molecule has 3 heterocycles. The number of imidazole rings is 1. The van der Waals surface area contributed by atoms with E-state index in [0.717, 1.165) is 15.9 Å². The number of amides is 1. The van der Waals surface area contributed by atoms with Crippen LogP contribution < -0.4 is 21.2 Å². The Balaban J connectivity index is 1.35. The Morgan fingerprint density at radius 3 is 2.24 bits per heavy atom. The molecule has 6 rings (SSSR count). The van der Waals surface area contributed by atoms with Crippen LogP contribution in [0.25, 0.3) is 11.2 Å². The van der Waals surface area contributed by atoms with Crippen LogP contribution in [0.2, 0.25) is 5.04 Å². The Hall–Kier alpha value is -4.63. The van der Waals surface area contributed by atoms with Crippen LogP contribution in [0.1, 0.15) is 32.6 Å². The van der Waals surface area contributed by atoms with Crippen molar-refractivity contribution >= 4 is 64.2 Å². The molecule has 0 aliphatic carbocycles. The van der Waals surface area contributed by atoms with Gasteiger partial charge in [0.25, 0.3) is 13.9 Å². The van der Waals surface area contributed by atoms with Crippen LogP contribution in [-0.4, -0.2) is 82.9 Å². The van der Waals surface area contributed by atoms with Crippen molar-refractivity contribution < 1.29 is 18.7 Å². The van der Waals surface area contributed by atoms with Gasteiger partial charge in [0.1, 0.15) is 0 Å². The highest BCUT2D eigenvalue weighted by atomic mass is 79.9. The molecule has 1 amide bonds. The number of hydrogen-bond acceptors (Lipinski definition) is 8. The van der Waals surface area contributed by atoms with E-state index in [-0.39, 0.29) is 35.3 Å². The van der Waals surface area contributed by atoms with Crippen molar-refractivity contribution in [2.45, 2.75) is 55.6 Å². The molecule has 4 atom stereocenters. The Morgan fingerprint density at radius 1 is 1.04 bits per heavy atom. The molecule has 12 nitrogen and oxygen atoms in total. The van der Waals surface area contributed by atoms with Gasteiger partial charge < -0.3 is 24.1 Å². The van der Waals surface area contributed by atoms with Crippen LogP contribution in [0.3, 0.4) is 0 Å². The second kappa shape index (κ2) is 15.3. The molecule has 1 fully saturated rings. The predicted octanol–water partition coefficient (Wildman–Crippen LogP) is 4.87. The molecule has 2 aromatic heterocycles. The average molecular weight is 773 g/mol. The third-order valence-corrected chi connectivity index (χ3v) is 14.9. The quantitative estimate of drug-likeness (QED) is 0.0841. The largest absolute Gasteiger partial charge is 0.440 e. The molecule has 1 aliphatic heterocycles. The number of aromatic nitrogens is 4. The van der Waals surface area contributed by atoms with Crippen LogP contribution in [0, 0.1) is 0 Å². The van der Waals surface area contributed by atoms with Crippen LogP contribution in [0.5, 0.6) is 0 Å². The molecule has 266 valence electrons. The molecule has 5 aromatic rings. The number of benzene rings is 3. The molecular weight excluding hydrogens is 730 g/mol. The normalized spacial score (nSPS) is 19.4. The lowest BCUT2D eigenvalue weighted by Crippen LogP contribution is -2.67. The summed E-state index contributed by atoms with van der Waals surface area (Å²) in [5.41, 5.74) is 0.812. The first kappa shape index (κ1) is 36.2. The van der Waals surface area contributed by atoms with Crippen molar-refractivity contribution in [1.29, 1.82) is 0 Å². The smallest absolute Gasteiger partial charge is 0.407 e. The molecule has 0 radical (unpaired) electrons. The number of rotatable bonds is 11. The monoisotopic (exact) mass is 771 g/mol. The summed E-state index contributed by atoms with van der Waals surface area (Å²) in [5, 5.41) is 4.85. The molecule has 51 heavy (non-hydrogen) atoms. The van der Waals surface area contributed by atoms with Crippen molar-refractivity contribution in [3.8, 4) is 0 Å². The lowest BCUT2D eigenvalue weighted by molar-refractivity contribution is -0.0500. The van der Waals surface area contributed by atoms with Crippen LogP contribution >= 0.6 is 15.9 Å². The summed E-state index contributed by atoms with van der Waals surface area (Å²) >= 11 is 3.84. The van der Waals surface area contributed by atoms with Gasteiger partial charge in [-0.15, -0.1) is 0 Å². The van der Waals surface area contributed by atoms with Gasteiger partial charge in [0, 0.05) is 20.6 Å². The molecule has 3 aromatic carbocycles. The second-order valence-corrected chi connectivity index (χ2v) is 19.0. The van der Waals surface area contributed by atoms with E-state index < -0.39 is 43.2 Å². The van der Waals surface area contributed by atoms with E-state index >= 15 is 0 Å². The van der Waals surface area contributed by atoms with Gasteiger partial charge in [-0.2, -0.15) is 4.98 Å². The van der Waals surface area contributed by atoms with E-state index in [0.29, 0.717) is 0 Å². The van der Waals surface area contributed by atoms with Gasteiger partial charge in [0.05, 0.1) is 30.2 Å². The fourth-order valence-electron chi connectivity index (χ4n) is 6.41. The zero-order valence-corrected chi connectivity index (χ0v) is 31.8. The van der Waals surface area contributed by atoms with Crippen molar-refractivity contribution in [3.63, 3.8) is 0 Å². The Bertz CT molecular complexity index is 1980. The number of carbonyl (C=O) groups is 1. The fourth-order valence-corrected chi connectivity index (χ4v) is 11.6. The minimum atomic E-state index is -2.93. The summed E-state index contributed by atoms with van der Waals surface area (Å²) in [5.74, 6) is 0.0981. The highest BCUT2D eigenvalue weighted by Crippen LogP contribution is 2.41. The number of fused-ring (bicyclic) bond motifs is 1. The van der Waals surface area contributed by atoms with Gasteiger partial charge in [0.2, 0.25) is 5.95 Å². The summed E-state index contributed by atoms with van der Waals surface area (Å²) < 4.78 is 21.7. The number of halogens is 1. The van der Waals surface area contributed by atoms with Crippen molar-refractivity contribution in [2.75, 3.05) is 20.7 Å². The lowest BCUT2D eigenvalue weighted by atomic mass is 10.2. The number of aliphatic imine (C=N–C) groups is 1. The van der Waals surface area contributed by atoms with E-state index in [1.54, 1.807) is 9.47 Å². The van der Waals surface area contributed by atoms with Gasteiger partial charge in [-0.1, -0.05) is 128 Å². The zero-order valence-electron chi connectivity index (χ0n) is 29.2. The number of nitrogens with zero attached hydrogens (tertiary/aromatic N) is 5. The van der Waals surface area contributed by atoms with Gasteiger partial charge in [-0.25, -0.2) is 14.8 Å². The first-order chi connectivity index (χ1) is 24.5. The van der Waals surface area contributed by atoms with Crippen molar-refractivity contribution in [3.05, 3.63) is 113 Å². The third-order valence-electron chi connectivity index (χ3n) is 8.77. The third kappa shape index (κ3) is 7.69. The summed E-state index contributed by atoms with van der Waals surface area (Å²) in [4.78, 5) is 43.5. The Kier molecular flexibility index (Phi) is 10.9.